The van der Waals surface area contributed by atoms with Crippen molar-refractivity contribution in [3.8, 4) is 0 Å². The summed E-state index contributed by atoms with van der Waals surface area (Å²) < 4.78 is 6.04. The third-order valence-corrected chi connectivity index (χ3v) is 7.95. The highest BCUT2D eigenvalue weighted by molar-refractivity contribution is 5.74. The molecule has 206 valence electrons. The zero-order valence-corrected chi connectivity index (χ0v) is 23.4. The van der Waals surface area contributed by atoms with Crippen LogP contribution in [0.4, 0.5) is 0 Å². The van der Waals surface area contributed by atoms with E-state index in [4.69, 9.17) is 4.74 Å². The van der Waals surface area contributed by atoms with Gasteiger partial charge in [-0.3, -0.25) is 9.59 Å². The van der Waals surface area contributed by atoms with Gasteiger partial charge in [0.2, 0.25) is 0 Å². The Morgan fingerprint density at radius 2 is 0.943 bits per heavy atom. The average molecular weight is 495 g/mol. The Morgan fingerprint density at radius 3 is 1.31 bits per heavy atom. The molecule has 0 amide bonds. The van der Waals surface area contributed by atoms with Gasteiger partial charge in [-0.2, -0.15) is 0 Å². The van der Waals surface area contributed by atoms with Crippen molar-refractivity contribution >= 4 is 11.9 Å². The van der Waals surface area contributed by atoms with Gasteiger partial charge in [0.1, 0.15) is 6.10 Å². The molecular weight excluding hydrogens is 436 g/mol. The van der Waals surface area contributed by atoms with E-state index in [9.17, 15) is 14.7 Å². The van der Waals surface area contributed by atoms with E-state index < -0.39 is 5.97 Å². The molecule has 0 aromatic carbocycles. The maximum atomic E-state index is 12.8. The number of esters is 1. The summed E-state index contributed by atoms with van der Waals surface area (Å²) in [4.78, 5) is 24.0. The quantitative estimate of drug-likeness (QED) is 0.113. The molecule has 0 aromatic heterocycles. The van der Waals surface area contributed by atoms with Crippen LogP contribution in [0.15, 0.2) is 0 Å². The van der Waals surface area contributed by atoms with Crippen LogP contribution >= 0.6 is 0 Å². The lowest BCUT2D eigenvalue weighted by Crippen LogP contribution is -2.29. The van der Waals surface area contributed by atoms with Gasteiger partial charge in [0, 0.05) is 0 Å². The van der Waals surface area contributed by atoms with Gasteiger partial charge in [0.15, 0.2) is 0 Å². The van der Waals surface area contributed by atoms with Crippen molar-refractivity contribution in [2.45, 2.75) is 174 Å². The maximum Gasteiger partial charge on any atom is 0.309 e. The van der Waals surface area contributed by atoms with E-state index in [-0.39, 0.29) is 23.9 Å². The van der Waals surface area contributed by atoms with Crippen LogP contribution in [0.1, 0.15) is 168 Å². The lowest BCUT2D eigenvalue weighted by atomic mass is 9.82. The topological polar surface area (TPSA) is 63.6 Å². The molecule has 0 radical (unpaired) electrons. The molecule has 0 aliphatic heterocycles. The van der Waals surface area contributed by atoms with Gasteiger partial charge < -0.3 is 9.84 Å². The summed E-state index contributed by atoms with van der Waals surface area (Å²) >= 11 is 0. The smallest absolute Gasteiger partial charge is 0.309 e. The summed E-state index contributed by atoms with van der Waals surface area (Å²) in [6.45, 7) is 4.52. The van der Waals surface area contributed by atoms with Gasteiger partial charge in [0.05, 0.1) is 11.8 Å². The first-order chi connectivity index (χ1) is 17.1. The first kappa shape index (κ1) is 32.0. The van der Waals surface area contributed by atoms with E-state index in [2.05, 4.69) is 13.8 Å². The molecule has 1 rings (SSSR count). The SMILES string of the molecule is CCCCCCCCCCCCCC(CCCCCCCCC)OC(=O)C1CCC(C(=O)O)CC1. The fraction of sp³-hybridized carbons (Fsp3) is 0.935. The van der Waals surface area contributed by atoms with Crippen molar-refractivity contribution in [3.63, 3.8) is 0 Å². The minimum atomic E-state index is -0.717. The lowest BCUT2D eigenvalue weighted by molar-refractivity contribution is -0.158. The van der Waals surface area contributed by atoms with E-state index in [1.54, 1.807) is 0 Å². The molecule has 0 heterocycles. The molecular formula is C31H58O4. The number of rotatable bonds is 23. The third kappa shape index (κ3) is 17.1. The highest BCUT2D eigenvalue weighted by Gasteiger charge is 2.31. The van der Waals surface area contributed by atoms with Crippen LogP contribution in [0.3, 0.4) is 0 Å². The molecule has 0 aromatic rings. The van der Waals surface area contributed by atoms with Crippen LogP contribution < -0.4 is 0 Å². The number of carbonyl (C=O) groups excluding carboxylic acids is 1. The molecule has 0 saturated heterocycles. The van der Waals surface area contributed by atoms with Crippen molar-refractivity contribution in [1.29, 1.82) is 0 Å². The molecule has 1 aliphatic rings. The van der Waals surface area contributed by atoms with Crippen LogP contribution in [-0.4, -0.2) is 23.1 Å². The van der Waals surface area contributed by atoms with Gasteiger partial charge >= 0.3 is 11.9 Å². The fourth-order valence-corrected chi connectivity index (χ4v) is 5.46. The maximum absolute atomic E-state index is 12.8. The van der Waals surface area contributed by atoms with E-state index in [0.29, 0.717) is 25.7 Å². The Bertz CT molecular complexity index is 510. The van der Waals surface area contributed by atoms with Crippen LogP contribution in [0, 0.1) is 11.8 Å². The number of unbranched alkanes of at least 4 members (excludes halogenated alkanes) is 16. The third-order valence-electron chi connectivity index (χ3n) is 7.95. The molecule has 1 unspecified atom stereocenters. The van der Waals surface area contributed by atoms with Crippen molar-refractivity contribution in [1.82, 2.24) is 0 Å². The summed E-state index contributed by atoms with van der Waals surface area (Å²) in [6.07, 6.45) is 28.2. The van der Waals surface area contributed by atoms with Crippen molar-refractivity contribution in [2.75, 3.05) is 0 Å². The highest BCUT2D eigenvalue weighted by Crippen LogP contribution is 2.30. The molecule has 0 spiro atoms. The van der Waals surface area contributed by atoms with E-state index >= 15 is 0 Å². The van der Waals surface area contributed by atoms with Gasteiger partial charge in [-0.15, -0.1) is 0 Å². The highest BCUT2D eigenvalue weighted by atomic mass is 16.5. The van der Waals surface area contributed by atoms with Crippen molar-refractivity contribution in [2.24, 2.45) is 11.8 Å². The second-order valence-corrected chi connectivity index (χ2v) is 11.2. The Kier molecular flexibility index (Phi) is 20.2. The lowest BCUT2D eigenvalue weighted by Gasteiger charge is -2.27. The van der Waals surface area contributed by atoms with Crippen molar-refractivity contribution in [3.05, 3.63) is 0 Å². The molecule has 1 atom stereocenters. The van der Waals surface area contributed by atoms with Gasteiger partial charge in [-0.1, -0.05) is 117 Å². The molecule has 1 saturated carbocycles. The minimum absolute atomic E-state index is 0.0499. The first-order valence-corrected chi connectivity index (χ1v) is 15.5. The molecule has 4 nitrogen and oxygen atoms in total. The number of hydrogen-bond donors (Lipinski definition) is 1. The normalized spacial score (nSPS) is 18.9. The second kappa shape index (κ2) is 22.2. The minimum Gasteiger partial charge on any atom is -0.481 e. The van der Waals surface area contributed by atoms with E-state index in [0.717, 1.165) is 25.7 Å². The molecule has 1 fully saturated rings. The number of aliphatic carboxylic acids is 1. The summed E-state index contributed by atoms with van der Waals surface area (Å²) in [5, 5.41) is 9.21. The standard InChI is InChI=1S/C31H58O4/c1-3-5-7-9-11-12-13-14-16-18-20-22-29(21-19-17-15-10-8-6-4-2)35-31(34)28-25-23-27(24-26-28)30(32)33/h27-29H,3-26H2,1-2H3,(H,32,33). The zero-order valence-electron chi connectivity index (χ0n) is 23.4. The monoisotopic (exact) mass is 494 g/mol. The number of carboxylic acid groups (broad SMARTS) is 1. The van der Waals surface area contributed by atoms with Crippen LogP contribution in [-0.2, 0) is 14.3 Å². The molecule has 35 heavy (non-hydrogen) atoms. The second-order valence-electron chi connectivity index (χ2n) is 11.2. The summed E-state index contributed by atoms with van der Waals surface area (Å²) in [6, 6.07) is 0. The summed E-state index contributed by atoms with van der Waals surface area (Å²) in [5.74, 6) is -1.16. The van der Waals surface area contributed by atoms with Gasteiger partial charge in [-0.25, -0.2) is 0 Å². The largest absolute Gasteiger partial charge is 0.481 e. The molecule has 0 bridgehead atoms. The van der Waals surface area contributed by atoms with Crippen LogP contribution in [0.5, 0.6) is 0 Å². The zero-order chi connectivity index (χ0) is 25.6. The van der Waals surface area contributed by atoms with Gasteiger partial charge in [0.25, 0.3) is 0 Å². The summed E-state index contributed by atoms with van der Waals surface area (Å²) in [5.41, 5.74) is 0. The molecule has 1 N–H and O–H groups in total. The molecule has 1 aliphatic carbocycles. The number of hydrogen-bond acceptors (Lipinski definition) is 3. The predicted molar refractivity (Wildman–Crippen MR) is 147 cm³/mol. The van der Waals surface area contributed by atoms with Crippen LogP contribution in [0.2, 0.25) is 0 Å². The predicted octanol–water partition coefficient (Wildman–Crippen LogP) is 9.63. The number of carboxylic acids is 1. The Labute approximate surface area is 217 Å². The average Bonchev–Trinajstić information content (AvgIpc) is 2.86. The number of carbonyl (C=O) groups is 2. The van der Waals surface area contributed by atoms with Gasteiger partial charge in [-0.05, 0) is 51.4 Å². The molecule has 4 heteroatoms. The Balaban J connectivity index is 2.27. The first-order valence-electron chi connectivity index (χ1n) is 15.5. The Hall–Kier alpha value is -1.06. The van der Waals surface area contributed by atoms with Crippen molar-refractivity contribution < 1.29 is 19.4 Å². The Morgan fingerprint density at radius 1 is 0.600 bits per heavy atom. The van der Waals surface area contributed by atoms with Crippen LogP contribution in [0.25, 0.3) is 0 Å². The number of ether oxygens (including phenoxy) is 1. The van der Waals surface area contributed by atoms with E-state index in [1.165, 1.54) is 103 Å². The van der Waals surface area contributed by atoms with E-state index in [1.807, 2.05) is 0 Å². The fourth-order valence-electron chi connectivity index (χ4n) is 5.46. The summed E-state index contributed by atoms with van der Waals surface area (Å²) in [7, 11) is 0.